The molecule has 1 fully saturated rings. The summed E-state index contributed by atoms with van der Waals surface area (Å²) in [4.78, 5) is 24.0. The second kappa shape index (κ2) is 8.78. The lowest BCUT2D eigenvalue weighted by molar-refractivity contribution is -0.145. The van der Waals surface area contributed by atoms with Gasteiger partial charge < -0.3 is 14.4 Å². The van der Waals surface area contributed by atoms with Crippen LogP contribution in [0.3, 0.4) is 0 Å². The van der Waals surface area contributed by atoms with Gasteiger partial charge in [0.05, 0.1) is 23.7 Å². The second-order valence-corrected chi connectivity index (χ2v) is 6.81. The summed E-state index contributed by atoms with van der Waals surface area (Å²) < 4.78 is 10.1. The van der Waals surface area contributed by atoms with Crippen molar-refractivity contribution in [3.05, 3.63) is 30.0 Å². The minimum atomic E-state index is -1.12. The number of para-hydroxylation sites is 2. The molecule has 0 N–H and O–H groups in total. The van der Waals surface area contributed by atoms with E-state index in [2.05, 4.69) is 22.9 Å². The van der Waals surface area contributed by atoms with Gasteiger partial charge in [0.15, 0.2) is 11.7 Å². The molecule has 7 nitrogen and oxygen atoms in total. The molecule has 1 aliphatic heterocycles. The van der Waals surface area contributed by atoms with E-state index in [0.717, 1.165) is 31.4 Å². The molecule has 0 amide bonds. The van der Waals surface area contributed by atoms with Crippen molar-refractivity contribution in [3.63, 3.8) is 0 Å². The molecule has 0 saturated carbocycles. The van der Waals surface area contributed by atoms with Gasteiger partial charge in [-0.3, -0.25) is 4.79 Å². The maximum absolute atomic E-state index is 12.5. The van der Waals surface area contributed by atoms with E-state index in [9.17, 15) is 10.1 Å². The average Bonchev–Trinajstić information content (AvgIpc) is 2.69. The van der Waals surface area contributed by atoms with E-state index in [-0.39, 0.29) is 13.2 Å². The zero-order valence-electron chi connectivity index (χ0n) is 15.7. The van der Waals surface area contributed by atoms with Crippen molar-refractivity contribution in [2.75, 3.05) is 38.3 Å². The van der Waals surface area contributed by atoms with Crippen LogP contribution in [0.2, 0.25) is 0 Å². The van der Waals surface area contributed by atoms with Crippen molar-refractivity contribution in [1.29, 1.82) is 5.26 Å². The Kier molecular flexibility index (Phi) is 6.20. The number of benzene rings is 1. The van der Waals surface area contributed by atoms with Gasteiger partial charge in [-0.05, 0) is 30.9 Å². The fourth-order valence-corrected chi connectivity index (χ4v) is 3.19. The van der Waals surface area contributed by atoms with Crippen molar-refractivity contribution in [3.8, 4) is 6.07 Å². The maximum atomic E-state index is 12.5. The fraction of sp³-hybridized carbons (Fsp3) is 0.500. The van der Waals surface area contributed by atoms with Crippen LogP contribution >= 0.6 is 0 Å². The van der Waals surface area contributed by atoms with Crippen LogP contribution in [-0.4, -0.2) is 49.4 Å². The van der Waals surface area contributed by atoms with Gasteiger partial charge in [-0.15, -0.1) is 0 Å². The van der Waals surface area contributed by atoms with Gasteiger partial charge in [-0.1, -0.05) is 19.1 Å². The normalized spacial score (nSPS) is 16.1. The number of anilines is 1. The Morgan fingerprint density at radius 3 is 2.56 bits per heavy atom. The van der Waals surface area contributed by atoms with Gasteiger partial charge in [0.1, 0.15) is 12.3 Å². The number of nitriles is 1. The molecule has 3 rings (SSSR count). The predicted octanol–water partition coefficient (Wildman–Crippen LogP) is 2.66. The highest BCUT2D eigenvalue weighted by molar-refractivity contribution is 5.85. The van der Waals surface area contributed by atoms with Crippen LogP contribution in [0.4, 0.5) is 5.82 Å². The van der Waals surface area contributed by atoms with Crippen LogP contribution in [0.25, 0.3) is 11.0 Å². The quantitative estimate of drug-likeness (QED) is 0.572. The highest BCUT2D eigenvalue weighted by Gasteiger charge is 2.31. The molecule has 0 aliphatic carbocycles. The number of hydrogen-bond donors (Lipinski definition) is 0. The van der Waals surface area contributed by atoms with Crippen molar-refractivity contribution in [2.24, 2.45) is 5.92 Å². The van der Waals surface area contributed by atoms with Crippen LogP contribution in [0.5, 0.6) is 0 Å². The van der Waals surface area contributed by atoms with Crippen molar-refractivity contribution >= 4 is 22.8 Å². The SMILES string of the molecule is COCCOC(=O)[C@@H](C#N)c1nc2ccccc2nc1N1CCC(C)CC1. The highest BCUT2D eigenvalue weighted by Crippen LogP contribution is 2.30. The maximum Gasteiger partial charge on any atom is 0.329 e. The Morgan fingerprint density at radius 2 is 1.93 bits per heavy atom. The molecular weight excluding hydrogens is 344 g/mol. The van der Waals surface area contributed by atoms with Crippen molar-refractivity contribution in [1.82, 2.24) is 9.97 Å². The van der Waals surface area contributed by atoms with Gasteiger partial charge in [-0.25, -0.2) is 9.97 Å². The number of hydrogen-bond acceptors (Lipinski definition) is 7. The summed E-state index contributed by atoms with van der Waals surface area (Å²) in [7, 11) is 1.53. The molecule has 2 aromatic rings. The van der Waals surface area contributed by atoms with E-state index >= 15 is 0 Å². The number of carbonyl (C=O) groups is 1. The summed E-state index contributed by atoms with van der Waals surface area (Å²) >= 11 is 0. The van der Waals surface area contributed by atoms with E-state index in [1.165, 1.54) is 7.11 Å². The number of rotatable bonds is 6. The number of fused-ring (bicyclic) bond motifs is 1. The van der Waals surface area contributed by atoms with Gasteiger partial charge in [0.25, 0.3) is 0 Å². The van der Waals surface area contributed by atoms with E-state index < -0.39 is 11.9 Å². The predicted molar refractivity (Wildman–Crippen MR) is 101 cm³/mol. The van der Waals surface area contributed by atoms with Crippen LogP contribution in [-0.2, 0) is 14.3 Å². The first-order valence-electron chi connectivity index (χ1n) is 9.21. The van der Waals surface area contributed by atoms with Gasteiger partial charge in [0.2, 0.25) is 0 Å². The zero-order chi connectivity index (χ0) is 19.2. The summed E-state index contributed by atoms with van der Waals surface area (Å²) in [6, 6.07) is 9.54. The Labute approximate surface area is 158 Å². The molecule has 1 aliphatic rings. The van der Waals surface area contributed by atoms with Crippen LogP contribution in [0.1, 0.15) is 31.4 Å². The molecule has 2 heterocycles. The van der Waals surface area contributed by atoms with E-state index in [1.807, 2.05) is 24.3 Å². The Balaban J connectivity index is 1.99. The number of carbonyl (C=O) groups excluding carboxylic acids is 1. The Morgan fingerprint density at radius 1 is 1.26 bits per heavy atom. The summed E-state index contributed by atoms with van der Waals surface area (Å²) in [5.41, 5.74) is 1.78. The topological polar surface area (TPSA) is 88.3 Å². The average molecular weight is 368 g/mol. The summed E-state index contributed by atoms with van der Waals surface area (Å²) in [5.74, 6) is -0.473. The van der Waals surface area contributed by atoms with Crippen LogP contribution < -0.4 is 4.90 Å². The molecule has 27 heavy (non-hydrogen) atoms. The molecule has 0 radical (unpaired) electrons. The number of aromatic nitrogens is 2. The van der Waals surface area contributed by atoms with Crippen LogP contribution in [0, 0.1) is 17.2 Å². The summed E-state index contributed by atoms with van der Waals surface area (Å²) in [6.07, 6.45) is 2.09. The number of piperidine rings is 1. The minimum Gasteiger partial charge on any atom is -0.462 e. The van der Waals surface area contributed by atoms with Gasteiger partial charge in [-0.2, -0.15) is 5.26 Å². The molecular formula is C20H24N4O3. The molecule has 142 valence electrons. The number of nitrogens with zero attached hydrogens (tertiary/aromatic N) is 4. The first-order chi connectivity index (χ1) is 13.1. The first kappa shape index (κ1) is 19.1. The smallest absolute Gasteiger partial charge is 0.329 e. The van der Waals surface area contributed by atoms with E-state index in [0.29, 0.717) is 22.9 Å². The Bertz CT molecular complexity index is 841. The Hall–Kier alpha value is -2.72. The lowest BCUT2D eigenvalue weighted by Gasteiger charge is -2.32. The summed E-state index contributed by atoms with van der Waals surface area (Å²) in [6.45, 7) is 4.28. The molecule has 1 atom stereocenters. The molecule has 0 spiro atoms. The van der Waals surface area contributed by atoms with E-state index in [1.54, 1.807) is 0 Å². The molecule has 1 aromatic carbocycles. The molecule has 7 heteroatoms. The standard InChI is InChI=1S/C20H24N4O3/c1-14-7-9-24(10-8-14)19-18(15(13-21)20(25)27-12-11-26-2)22-16-5-3-4-6-17(16)23-19/h3-6,14-15H,7-12H2,1-2H3/t15-/m0/s1. The van der Waals surface area contributed by atoms with Gasteiger partial charge >= 0.3 is 5.97 Å². The van der Waals surface area contributed by atoms with Crippen molar-refractivity contribution < 1.29 is 14.3 Å². The highest BCUT2D eigenvalue weighted by atomic mass is 16.6. The lowest BCUT2D eigenvalue weighted by atomic mass is 9.98. The third kappa shape index (κ3) is 4.34. The number of esters is 1. The lowest BCUT2D eigenvalue weighted by Crippen LogP contribution is -2.35. The third-order valence-corrected chi connectivity index (χ3v) is 4.83. The third-order valence-electron chi connectivity index (χ3n) is 4.83. The van der Waals surface area contributed by atoms with Crippen LogP contribution in [0.15, 0.2) is 24.3 Å². The molecule has 1 saturated heterocycles. The summed E-state index contributed by atoms with van der Waals surface area (Å²) in [5, 5.41) is 9.67. The van der Waals surface area contributed by atoms with Crippen molar-refractivity contribution in [2.45, 2.75) is 25.7 Å². The molecule has 0 unspecified atom stereocenters. The number of methoxy groups -OCH3 is 1. The minimum absolute atomic E-state index is 0.102. The number of ether oxygens (including phenoxy) is 2. The fourth-order valence-electron chi connectivity index (χ4n) is 3.19. The van der Waals surface area contributed by atoms with E-state index in [4.69, 9.17) is 14.5 Å². The molecule has 0 bridgehead atoms. The zero-order valence-corrected chi connectivity index (χ0v) is 15.7. The largest absolute Gasteiger partial charge is 0.462 e. The first-order valence-corrected chi connectivity index (χ1v) is 9.21. The second-order valence-electron chi connectivity index (χ2n) is 6.81. The molecule has 1 aromatic heterocycles. The monoisotopic (exact) mass is 368 g/mol. The van der Waals surface area contributed by atoms with Gasteiger partial charge in [0, 0.05) is 20.2 Å².